The Morgan fingerprint density at radius 2 is 1.70 bits per heavy atom. The molecule has 1 amide bonds. The fourth-order valence-corrected chi connectivity index (χ4v) is 2.73. The Morgan fingerprint density at radius 1 is 1.04 bits per heavy atom. The summed E-state index contributed by atoms with van der Waals surface area (Å²) >= 11 is 5.90. The number of halogens is 1. The van der Waals surface area contributed by atoms with Crippen LogP contribution in [0, 0.1) is 13.8 Å². The van der Waals surface area contributed by atoms with Crippen molar-refractivity contribution >= 4 is 29.0 Å². The van der Waals surface area contributed by atoms with Crippen LogP contribution in [-0.4, -0.2) is 29.5 Å². The zero-order valence-corrected chi connectivity index (χ0v) is 16.3. The number of amides is 1. The predicted octanol–water partition coefficient (Wildman–Crippen LogP) is 4.49. The molecule has 138 valence electrons. The number of anilines is 2. The summed E-state index contributed by atoms with van der Waals surface area (Å²) in [4.78, 5) is 23.3. The van der Waals surface area contributed by atoms with Gasteiger partial charge in [0.2, 0.25) is 5.91 Å². The number of likely N-dealkylation sites (N-methyl/N-ethyl adjacent to an activating group) is 1. The van der Waals surface area contributed by atoms with E-state index in [9.17, 15) is 4.79 Å². The van der Waals surface area contributed by atoms with Crippen LogP contribution < -0.4 is 10.2 Å². The molecule has 0 spiro atoms. The number of aryl methyl sites for hydroxylation is 1. The van der Waals surface area contributed by atoms with Crippen molar-refractivity contribution in [2.24, 2.45) is 0 Å². The van der Waals surface area contributed by atoms with Crippen molar-refractivity contribution in [2.45, 2.75) is 13.8 Å². The van der Waals surface area contributed by atoms with Crippen LogP contribution in [0.5, 0.6) is 0 Å². The molecule has 0 aliphatic carbocycles. The largest absolute Gasteiger partial charge is 0.361 e. The van der Waals surface area contributed by atoms with Crippen LogP contribution in [0.2, 0.25) is 5.02 Å². The van der Waals surface area contributed by atoms with Crippen molar-refractivity contribution in [3.8, 4) is 11.4 Å². The number of benzene rings is 2. The van der Waals surface area contributed by atoms with Gasteiger partial charge in [-0.05, 0) is 38.1 Å². The average Bonchev–Trinajstić information content (AvgIpc) is 2.69. The van der Waals surface area contributed by atoms with Crippen LogP contribution in [0.1, 0.15) is 11.3 Å². The van der Waals surface area contributed by atoms with Gasteiger partial charge < -0.3 is 10.2 Å². The standard InChI is InChI=1S/C21H21ClN4O/c1-14-15(2)24-21(16-7-5-4-6-8-16)25-20(14)23-13-19(27)26(3)18-11-9-17(22)10-12-18/h4-12H,13H2,1-3H3,(H,23,24,25). The van der Waals surface area contributed by atoms with E-state index in [4.69, 9.17) is 11.6 Å². The van der Waals surface area contributed by atoms with Gasteiger partial charge in [0, 0.05) is 34.6 Å². The molecular formula is C21H21ClN4O. The highest BCUT2D eigenvalue weighted by atomic mass is 35.5. The van der Waals surface area contributed by atoms with Crippen LogP contribution in [0.3, 0.4) is 0 Å². The molecule has 0 unspecified atom stereocenters. The Kier molecular flexibility index (Phi) is 5.72. The van der Waals surface area contributed by atoms with E-state index in [1.54, 1.807) is 24.1 Å². The molecule has 0 radical (unpaired) electrons. The zero-order valence-electron chi connectivity index (χ0n) is 15.5. The molecule has 5 nitrogen and oxygen atoms in total. The number of carbonyl (C=O) groups is 1. The Hall–Kier alpha value is -2.92. The number of nitrogens with zero attached hydrogens (tertiary/aromatic N) is 3. The van der Waals surface area contributed by atoms with Crippen molar-refractivity contribution in [3.63, 3.8) is 0 Å². The molecule has 6 heteroatoms. The second-order valence-corrected chi connectivity index (χ2v) is 6.69. The van der Waals surface area contributed by atoms with Gasteiger partial charge in [0.05, 0.1) is 6.54 Å². The molecular weight excluding hydrogens is 360 g/mol. The maximum atomic E-state index is 12.5. The summed E-state index contributed by atoms with van der Waals surface area (Å²) in [7, 11) is 1.74. The number of carbonyl (C=O) groups excluding carboxylic acids is 1. The highest BCUT2D eigenvalue weighted by Crippen LogP contribution is 2.22. The van der Waals surface area contributed by atoms with E-state index in [2.05, 4.69) is 15.3 Å². The van der Waals surface area contributed by atoms with Gasteiger partial charge in [0.15, 0.2) is 5.82 Å². The molecule has 1 N–H and O–H groups in total. The molecule has 0 saturated carbocycles. The number of hydrogen-bond donors (Lipinski definition) is 1. The van der Waals surface area contributed by atoms with Crippen molar-refractivity contribution in [1.82, 2.24) is 9.97 Å². The summed E-state index contributed by atoms with van der Waals surface area (Å²) in [5.74, 6) is 1.23. The number of aromatic nitrogens is 2. The third kappa shape index (κ3) is 4.44. The highest BCUT2D eigenvalue weighted by Gasteiger charge is 2.14. The topological polar surface area (TPSA) is 58.1 Å². The minimum Gasteiger partial charge on any atom is -0.361 e. The summed E-state index contributed by atoms with van der Waals surface area (Å²) in [5, 5.41) is 3.79. The van der Waals surface area contributed by atoms with Crippen molar-refractivity contribution in [3.05, 3.63) is 70.9 Å². The summed E-state index contributed by atoms with van der Waals surface area (Å²) in [6, 6.07) is 16.9. The third-order valence-corrected chi connectivity index (χ3v) is 4.67. The van der Waals surface area contributed by atoms with E-state index in [0.29, 0.717) is 16.7 Å². The van der Waals surface area contributed by atoms with E-state index in [0.717, 1.165) is 22.5 Å². The van der Waals surface area contributed by atoms with Gasteiger partial charge in [0.1, 0.15) is 5.82 Å². The van der Waals surface area contributed by atoms with Crippen molar-refractivity contribution in [1.29, 1.82) is 0 Å². The Labute approximate surface area is 164 Å². The number of nitrogens with one attached hydrogen (secondary N) is 1. The van der Waals surface area contributed by atoms with E-state index < -0.39 is 0 Å². The van der Waals surface area contributed by atoms with Gasteiger partial charge >= 0.3 is 0 Å². The monoisotopic (exact) mass is 380 g/mol. The predicted molar refractivity (Wildman–Crippen MR) is 110 cm³/mol. The van der Waals surface area contributed by atoms with Crippen LogP contribution in [0.4, 0.5) is 11.5 Å². The van der Waals surface area contributed by atoms with Crippen molar-refractivity contribution < 1.29 is 4.79 Å². The highest BCUT2D eigenvalue weighted by molar-refractivity contribution is 6.30. The lowest BCUT2D eigenvalue weighted by Gasteiger charge is -2.19. The van der Waals surface area contributed by atoms with Gasteiger partial charge in [-0.1, -0.05) is 41.9 Å². The first kappa shape index (κ1) is 18.9. The minimum atomic E-state index is -0.0748. The SMILES string of the molecule is Cc1nc(-c2ccccc2)nc(NCC(=O)N(C)c2ccc(Cl)cc2)c1C. The molecule has 1 heterocycles. The molecule has 0 atom stereocenters. The Morgan fingerprint density at radius 3 is 2.37 bits per heavy atom. The first-order valence-corrected chi connectivity index (χ1v) is 9.00. The normalized spacial score (nSPS) is 10.5. The Bertz CT molecular complexity index is 942. The van der Waals surface area contributed by atoms with Gasteiger partial charge in [-0.2, -0.15) is 0 Å². The minimum absolute atomic E-state index is 0.0748. The molecule has 0 bridgehead atoms. The van der Waals surface area contributed by atoms with E-state index in [1.807, 2.05) is 56.3 Å². The summed E-state index contributed by atoms with van der Waals surface area (Å²) in [6.07, 6.45) is 0. The van der Waals surface area contributed by atoms with E-state index in [1.165, 1.54) is 0 Å². The third-order valence-electron chi connectivity index (χ3n) is 4.42. The lowest BCUT2D eigenvalue weighted by atomic mass is 10.2. The Balaban J connectivity index is 1.76. The second kappa shape index (κ2) is 8.18. The number of hydrogen-bond acceptors (Lipinski definition) is 4. The quantitative estimate of drug-likeness (QED) is 0.708. The molecule has 0 aliphatic heterocycles. The first-order chi connectivity index (χ1) is 13.0. The lowest BCUT2D eigenvalue weighted by Crippen LogP contribution is -2.32. The maximum Gasteiger partial charge on any atom is 0.246 e. The first-order valence-electron chi connectivity index (χ1n) is 8.62. The van der Waals surface area contributed by atoms with Crippen LogP contribution in [-0.2, 0) is 4.79 Å². The van der Waals surface area contributed by atoms with E-state index in [-0.39, 0.29) is 12.5 Å². The smallest absolute Gasteiger partial charge is 0.246 e. The van der Waals surface area contributed by atoms with Crippen LogP contribution in [0.15, 0.2) is 54.6 Å². The summed E-state index contributed by atoms with van der Waals surface area (Å²) in [5.41, 5.74) is 3.53. The van der Waals surface area contributed by atoms with Gasteiger partial charge in [-0.25, -0.2) is 9.97 Å². The molecule has 2 aromatic carbocycles. The second-order valence-electron chi connectivity index (χ2n) is 6.25. The van der Waals surface area contributed by atoms with E-state index >= 15 is 0 Å². The van der Waals surface area contributed by atoms with Gasteiger partial charge in [-0.15, -0.1) is 0 Å². The zero-order chi connectivity index (χ0) is 19.4. The fraction of sp³-hybridized carbons (Fsp3) is 0.190. The van der Waals surface area contributed by atoms with Gasteiger partial charge in [0.25, 0.3) is 0 Å². The molecule has 0 saturated heterocycles. The molecule has 3 aromatic rings. The average molecular weight is 381 g/mol. The maximum absolute atomic E-state index is 12.5. The van der Waals surface area contributed by atoms with Crippen LogP contribution in [0.25, 0.3) is 11.4 Å². The van der Waals surface area contributed by atoms with Crippen molar-refractivity contribution in [2.75, 3.05) is 23.8 Å². The summed E-state index contributed by atoms with van der Waals surface area (Å²) < 4.78 is 0. The molecule has 0 fully saturated rings. The molecule has 3 rings (SSSR count). The molecule has 27 heavy (non-hydrogen) atoms. The number of rotatable bonds is 5. The fourth-order valence-electron chi connectivity index (χ4n) is 2.60. The summed E-state index contributed by atoms with van der Waals surface area (Å²) in [6.45, 7) is 4.01. The lowest BCUT2D eigenvalue weighted by molar-refractivity contribution is -0.116. The molecule has 0 aliphatic rings. The molecule has 1 aromatic heterocycles. The van der Waals surface area contributed by atoms with Gasteiger partial charge in [-0.3, -0.25) is 4.79 Å². The van der Waals surface area contributed by atoms with Crippen LogP contribution >= 0.6 is 11.6 Å².